The summed E-state index contributed by atoms with van der Waals surface area (Å²) < 4.78 is 2.82. The van der Waals surface area contributed by atoms with Crippen LogP contribution in [0.5, 0.6) is 0 Å². The highest BCUT2D eigenvalue weighted by Gasteiger charge is 2.09. The molecule has 2 aromatic heterocycles. The van der Waals surface area contributed by atoms with E-state index in [1.165, 1.54) is 4.68 Å². The second-order valence-electron chi connectivity index (χ2n) is 3.64. The highest BCUT2D eigenvalue weighted by atomic mass is 16.1. The lowest BCUT2D eigenvalue weighted by Crippen LogP contribution is -2.24. The molecule has 0 saturated carbocycles. The van der Waals surface area contributed by atoms with Crippen molar-refractivity contribution < 1.29 is 0 Å². The lowest BCUT2D eigenvalue weighted by atomic mass is 10.2. The van der Waals surface area contributed by atoms with E-state index >= 15 is 0 Å². The maximum absolute atomic E-state index is 12.2. The average molecular weight is 227 g/mol. The van der Waals surface area contributed by atoms with Crippen LogP contribution in [0.25, 0.3) is 16.7 Å². The first-order chi connectivity index (χ1) is 8.27. The van der Waals surface area contributed by atoms with E-state index < -0.39 is 0 Å². The van der Waals surface area contributed by atoms with Crippen LogP contribution in [0, 0.1) is 0 Å². The van der Waals surface area contributed by atoms with E-state index in [0.717, 1.165) is 0 Å². The number of benzene rings is 1. The molecule has 17 heavy (non-hydrogen) atoms. The fourth-order valence-corrected chi connectivity index (χ4v) is 1.71. The molecule has 0 spiro atoms. The van der Waals surface area contributed by atoms with Crippen molar-refractivity contribution in [2.75, 3.05) is 0 Å². The van der Waals surface area contributed by atoms with Gasteiger partial charge in [0, 0.05) is 13.1 Å². The third-order valence-corrected chi connectivity index (χ3v) is 2.58. The van der Waals surface area contributed by atoms with Crippen molar-refractivity contribution in [1.29, 1.82) is 0 Å². The number of nitrogens with zero attached hydrogens (tertiary/aromatic N) is 5. The third-order valence-electron chi connectivity index (χ3n) is 2.58. The van der Waals surface area contributed by atoms with Gasteiger partial charge in [-0.25, -0.2) is 0 Å². The van der Waals surface area contributed by atoms with E-state index in [2.05, 4.69) is 15.4 Å². The molecule has 84 valence electrons. The quantitative estimate of drug-likeness (QED) is 0.607. The minimum Gasteiger partial charge on any atom is -0.267 e. The summed E-state index contributed by atoms with van der Waals surface area (Å²) in [4.78, 5) is 12.2. The molecule has 3 aromatic rings. The Balaban J connectivity index is 2.37. The van der Waals surface area contributed by atoms with Crippen molar-refractivity contribution in [3.05, 3.63) is 46.9 Å². The van der Waals surface area contributed by atoms with Crippen LogP contribution in [-0.4, -0.2) is 24.8 Å². The second kappa shape index (κ2) is 3.51. The predicted molar refractivity (Wildman–Crippen MR) is 61.9 cm³/mol. The van der Waals surface area contributed by atoms with Gasteiger partial charge in [-0.05, 0) is 12.1 Å². The van der Waals surface area contributed by atoms with Crippen LogP contribution in [0.2, 0.25) is 0 Å². The van der Waals surface area contributed by atoms with Gasteiger partial charge in [0.05, 0.1) is 11.6 Å². The largest absolute Gasteiger partial charge is 0.283 e. The third kappa shape index (κ3) is 1.42. The van der Waals surface area contributed by atoms with Crippen LogP contribution in [-0.2, 0) is 7.05 Å². The predicted octanol–water partition coefficient (Wildman–Crippen LogP) is 0.514. The summed E-state index contributed by atoms with van der Waals surface area (Å²) in [5.74, 6) is 0.591. The molecule has 0 aliphatic rings. The Labute approximate surface area is 96.1 Å². The van der Waals surface area contributed by atoms with E-state index in [4.69, 9.17) is 0 Å². The van der Waals surface area contributed by atoms with Gasteiger partial charge in [0.2, 0.25) is 0 Å². The molecular weight excluding hydrogens is 218 g/mol. The SMILES string of the molecule is Cn1nccc1-n1nnc2ccccc2c1=O. The van der Waals surface area contributed by atoms with Gasteiger partial charge in [0.25, 0.3) is 5.56 Å². The lowest BCUT2D eigenvalue weighted by Gasteiger charge is -2.03. The molecular formula is C11H9N5O. The number of fused-ring (bicyclic) bond motifs is 1. The molecule has 0 fully saturated rings. The van der Waals surface area contributed by atoms with Crippen LogP contribution in [0.15, 0.2) is 41.3 Å². The number of aromatic nitrogens is 5. The fourth-order valence-electron chi connectivity index (χ4n) is 1.71. The van der Waals surface area contributed by atoms with E-state index in [9.17, 15) is 4.79 Å². The van der Waals surface area contributed by atoms with Gasteiger partial charge in [-0.3, -0.25) is 9.48 Å². The summed E-state index contributed by atoms with van der Waals surface area (Å²) in [6, 6.07) is 8.84. The van der Waals surface area contributed by atoms with Gasteiger partial charge < -0.3 is 0 Å². The van der Waals surface area contributed by atoms with Gasteiger partial charge >= 0.3 is 0 Å². The van der Waals surface area contributed by atoms with Crippen molar-refractivity contribution >= 4 is 10.9 Å². The number of rotatable bonds is 1. The molecule has 0 saturated heterocycles. The highest BCUT2D eigenvalue weighted by molar-refractivity contribution is 5.76. The summed E-state index contributed by atoms with van der Waals surface area (Å²) >= 11 is 0. The average Bonchev–Trinajstić information content (AvgIpc) is 2.76. The molecule has 0 bridgehead atoms. The van der Waals surface area contributed by atoms with E-state index in [-0.39, 0.29) is 5.56 Å². The summed E-state index contributed by atoms with van der Waals surface area (Å²) in [5, 5.41) is 12.5. The molecule has 6 heteroatoms. The molecule has 0 aliphatic heterocycles. The van der Waals surface area contributed by atoms with Crippen LogP contribution < -0.4 is 5.56 Å². The highest BCUT2D eigenvalue weighted by Crippen LogP contribution is 2.06. The van der Waals surface area contributed by atoms with Crippen molar-refractivity contribution in [3.8, 4) is 5.82 Å². The molecule has 0 N–H and O–H groups in total. The van der Waals surface area contributed by atoms with E-state index in [1.54, 1.807) is 42.2 Å². The van der Waals surface area contributed by atoms with Gasteiger partial charge in [0.1, 0.15) is 5.52 Å². The van der Waals surface area contributed by atoms with Crippen molar-refractivity contribution in [3.63, 3.8) is 0 Å². The maximum Gasteiger partial charge on any atom is 0.283 e. The Bertz CT molecular complexity index is 743. The van der Waals surface area contributed by atoms with Crippen LogP contribution in [0.1, 0.15) is 0 Å². The standard InChI is InChI=1S/C11H9N5O/c1-15-10(6-7-12-15)16-11(17)8-4-2-3-5-9(8)13-14-16/h2-7H,1H3. The molecule has 0 aliphatic carbocycles. The number of aryl methyl sites for hydroxylation is 1. The topological polar surface area (TPSA) is 65.6 Å². The first kappa shape index (κ1) is 9.71. The smallest absolute Gasteiger partial charge is 0.267 e. The number of hydrogen-bond donors (Lipinski definition) is 0. The fraction of sp³-hybridized carbons (Fsp3) is 0.0909. The summed E-state index contributed by atoms with van der Waals surface area (Å²) in [5.41, 5.74) is 0.398. The van der Waals surface area contributed by atoms with Crippen LogP contribution in [0.3, 0.4) is 0 Å². The Hall–Kier alpha value is -2.50. The summed E-state index contributed by atoms with van der Waals surface area (Å²) in [6.07, 6.45) is 1.61. The molecule has 1 aromatic carbocycles. The van der Waals surface area contributed by atoms with Gasteiger partial charge in [-0.15, -0.1) is 5.10 Å². The zero-order chi connectivity index (χ0) is 11.8. The zero-order valence-corrected chi connectivity index (χ0v) is 9.11. The van der Waals surface area contributed by atoms with Crippen LogP contribution in [0.4, 0.5) is 0 Å². The number of hydrogen-bond acceptors (Lipinski definition) is 4. The van der Waals surface area contributed by atoms with Gasteiger partial charge in [-0.2, -0.15) is 9.78 Å². The molecule has 0 amide bonds. The van der Waals surface area contributed by atoms with Crippen LogP contribution >= 0.6 is 0 Å². The molecule has 0 unspecified atom stereocenters. The maximum atomic E-state index is 12.2. The Morgan fingerprint density at radius 1 is 1.18 bits per heavy atom. The van der Waals surface area contributed by atoms with Crippen molar-refractivity contribution in [1.82, 2.24) is 24.8 Å². The molecule has 6 nitrogen and oxygen atoms in total. The monoisotopic (exact) mass is 227 g/mol. The lowest BCUT2D eigenvalue weighted by molar-refractivity contribution is 0.651. The van der Waals surface area contributed by atoms with Gasteiger partial charge in [0.15, 0.2) is 5.82 Å². The van der Waals surface area contributed by atoms with E-state index in [0.29, 0.717) is 16.7 Å². The minimum atomic E-state index is -0.195. The Morgan fingerprint density at radius 3 is 2.76 bits per heavy atom. The molecule has 0 radical (unpaired) electrons. The van der Waals surface area contributed by atoms with Crippen molar-refractivity contribution in [2.24, 2.45) is 7.05 Å². The zero-order valence-electron chi connectivity index (χ0n) is 9.11. The second-order valence-corrected chi connectivity index (χ2v) is 3.64. The first-order valence-corrected chi connectivity index (χ1v) is 5.10. The van der Waals surface area contributed by atoms with Crippen molar-refractivity contribution in [2.45, 2.75) is 0 Å². The van der Waals surface area contributed by atoms with E-state index in [1.807, 2.05) is 6.07 Å². The normalized spacial score (nSPS) is 10.9. The Morgan fingerprint density at radius 2 is 2.00 bits per heavy atom. The molecule has 0 atom stereocenters. The summed E-state index contributed by atoms with van der Waals surface area (Å²) in [7, 11) is 1.75. The summed E-state index contributed by atoms with van der Waals surface area (Å²) in [6.45, 7) is 0. The van der Waals surface area contributed by atoms with Gasteiger partial charge in [-0.1, -0.05) is 17.3 Å². The first-order valence-electron chi connectivity index (χ1n) is 5.10. The minimum absolute atomic E-state index is 0.195. The molecule has 3 rings (SSSR count). The Kier molecular flexibility index (Phi) is 2.01. The molecule has 2 heterocycles.